The largest absolute Gasteiger partial charge is 0.386 e. The number of allylic oxidation sites excluding steroid dienone is 4. The minimum atomic E-state index is -0.169. The first-order valence-corrected chi connectivity index (χ1v) is 11.5. The summed E-state index contributed by atoms with van der Waals surface area (Å²) >= 11 is 0. The molecule has 0 saturated carbocycles. The van der Waals surface area contributed by atoms with Gasteiger partial charge in [0.05, 0.1) is 11.6 Å². The van der Waals surface area contributed by atoms with Gasteiger partial charge in [-0.3, -0.25) is 9.98 Å². The van der Waals surface area contributed by atoms with Crippen LogP contribution in [-0.2, 0) is 0 Å². The van der Waals surface area contributed by atoms with Gasteiger partial charge >= 0.3 is 0 Å². The Morgan fingerprint density at radius 1 is 1.03 bits per heavy atom. The molecule has 0 aromatic heterocycles. The maximum absolute atomic E-state index is 6.28. The van der Waals surface area contributed by atoms with Gasteiger partial charge in [0.15, 0.2) is 0 Å². The highest BCUT2D eigenvalue weighted by Gasteiger charge is 2.41. The van der Waals surface area contributed by atoms with Crippen LogP contribution >= 0.6 is 0 Å². The lowest BCUT2D eigenvalue weighted by Crippen LogP contribution is -2.54. The van der Waals surface area contributed by atoms with Crippen molar-refractivity contribution in [1.82, 2.24) is 4.90 Å². The molecule has 4 heteroatoms. The molecular weight excluding hydrogens is 356 g/mol. The number of hydrogen-bond acceptors (Lipinski definition) is 4. The maximum atomic E-state index is 6.28. The van der Waals surface area contributed by atoms with Crippen LogP contribution in [0.3, 0.4) is 0 Å². The van der Waals surface area contributed by atoms with E-state index in [0.29, 0.717) is 5.92 Å². The molecule has 162 valence electrons. The highest BCUT2D eigenvalue weighted by atomic mass is 15.2. The Bertz CT molecular complexity index is 681. The Morgan fingerprint density at radius 2 is 1.76 bits per heavy atom. The van der Waals surface area contributed by atoms with Gasteiger partial charge in [-0.1, -0.05) is 71.9 Å². The fourth-order valence-corrected chi connectivity index (χ4v) is 4.00. The average molecular weight is 399 g/mol. The average Bonchev–Trinajstić information content (AvgIpc) is 3.27. The molecule has 0 fully saturated rings. The zero-order chi connectivity index (χ0) is 21.9. The molecule has 0 aromatic carbocycles. The van der Waals surface area contributed by atoms with Crippen molar-refractivity contribution in [3.8, 4) is 0 Å². The maximum Gasteiger partial charge on any atom is 0.118 e. The van der Waals surface area contributed by atoms with Crippen LogP contribution in [0.5, 0.6) is 0 Å². The molecule has 3 atom stereocenters. The van der Waals surface area contributed by atoms with E-state index in [2.05, 4.69) is 53.4 Å². The Labute approximate surface area is 179 Å². The van der Waals surface area contributed by atoms with Gasteiger partial charge in [0.1, 0.15) is 5.84 Å². The predicted molar refractivity (Wildman–Crippen MR) is 130 cm³/mol. The van der Waals surface area contributed by atoms with Crippen LogP contribution in [0, 0.1) is 5.92 Å². The second kappa shape index (κ2) is 12.5. The summed E-state index contributed by atoms with van der Waals surface area (Å²) in [5.74, 6) is 1.15. The van der Waals surface area contributed by atoms with Gasteiger partial charge in [0.2, 0.25) is 0 Å². The normalized spacial score (nSPS) is 28.9. The molecule has 3 heterocycles. The van der Waals surface area contributed by atoms with Crippen LogP contribution in [0.2, 0.25) is 0 Å². The van der Waals surface area contributed by atoms with Gasteiger partial charge < -0.3 is 10.6 Å². The molecule has 0 amide bonds. The van der Waals surface area contributed by atoms with Gasteiger partial charge in [-0.15, -0.1) is 0 Å². The molecule has 4 nitrogen and oxygen atoms in total. The van der Waals surface area contributed by atoms with E-state index in [-0.39, 0.29) is 11.6 Å². The zero-order valence-corrected chi connectivity index (χ0v) is 19.7. The fourth-order valence-electron chi connectivity index (χ4n) is 4.00. The molecule has 4 rings (SSSR count). The molecule has 29 heavy (non-hydrogen) atoms. The van der Waals surface area contributed by atoms with E-state index in [1.54, 1.807) is 0 Å². The molecule has 0 unspecified atom stereocenters. The summed E-state index contributed by atoms with van der Waals surface area (Å²) in [6.45, 7) is 16.1. The lowest BCUT2D eigenvalue weighted by molar-refractivity contribution is 0.212. The molecule has 0 bridgehead atoms. The summed E-state index contributed by atoms with van der Waals surface area (Å²) in [7, 11) is 0. The van der Waals surface area contributed by atoms with Crippen molar-refractivity contribution in [1.29, 1.82) is 0 Å². The highest BCUT2D eigenvalue weighted by molar-refractivity contribution is 5.88. The quantitative estimate of drug-likeness (QED) is 0.650. The number of nitrogens with two attached hydrogens (primary N) is 1. The second-order valence-electron chi connectivity index (χ2n) is 7.05. The number of fused-ring (bicyclic) bond motifs is 1. The minimum Gasteiger partial charge on any atom is -0.386 e. The van der Waals surface area contributed by atoms with Gasteiger partial charge in [-0.25, -0.2) is 0 Å². The Morgan fingerprint density at radius 3 is 2.41 bits per heavy atom. The first kappa shape index (κ1) is 24.9. The monoisotopic (exact) mass is 398 g/mol. The Kier molecular flexibility index (Phi) is 10.7. The van der Waals surface area contributed by atoms with E-state index < -0.39 is 0 Å². The Hall–Kier alpha value is -2.10. The smallest absolute Gasteiger partial charge is 0.118 e. The fraction of sp³-hybridized carbons (Fsp3) is 0.600. The van der Waals surface area contributed by atoms with Crippen LogP contribution in [0.4, 0.5) is 0 Å². The molecular formula is C25H42N4. The molecule has 0 aromatic rings. The molecule has 2 N–H and O–H groups in total. The standard InChI is InChI=1S/C19H24N4.3C2H6/c1-19(13-23-10-4-8-17(23)18(20)22-19)16-7-2-5-14(11-16)15-6-3-9-21-12-15;3*1-2/h2,4-6,10-12,16-17H,3,7-9,13H2,1H3,(H2,20,22);3*1-2H3/t16-,17-,19-;;;/m1.../s1. The van der Waals surface area contributed by atoms with E-state index >= 15 is 0 Å². The van der Waals surface area contributed by atoms with E-state index in [0.717, 1.165) is 38.2 Å². The molecule has 0 spiro atoms. The number of aliphatic imine (C=N–C) groups is 2. The topological polar surface area (TPSA) is 54.0 Å². The number of dihydropyridines is 1. The van der Waals surface area contributed by atoms with Gasteiger partial charge in [-0.05, 0) is 43.5 Å². The van der Waals surface area contributed by atoms with Crippen molar-refractivity contribution in [2.24, 2.45) is 21.6 Å². The third-order valence-electron chi connectivity index (χ3n) is 5.34. The minimum absolute atomic E-state index is 0.169. The van der Waals surface area contributed by atoms with Crippen LogP contribution in [-0.4, -0.2) is 41.6 Å². The van der Waals surface area contributed by atoms with Gasteiger partial charge in [-0.2, -0.15) is 0 Å². The van der Waals surface area contributed by atoms with E-state index in [1.165, 1.54) is 11.1 Å². The van der Waals surface area contributed by atoms with Crippen molar-refractivity contribution >= 4 is 12.1 Å². The van der Waals surface area contributed by atoms with Crippen molar-refractivity contribution in [3.63, 3.8) is 0 Å². The summed E-state index contributed by atoms with van der Waals surface area (Å²) in [6.07, 6.45) is 18.6. The summed E-state index contributed by atoms with van der Waals surface area (Å²) in [6, 6.07) is 0.277. The molecule has 0 saturated heterocycles. The lowest BCUT2D eigenvalue weighted by atomic mass is 9.77. The van der Waals surface area contributed by atoms with E-state index in [1.807, 2.05) is 47.8 Å². The van der Waals surface area contributed by atoms with Gasteiger partial charge in [0, 0.05) is 25.2 Å². The molecule has 0 radical (unpaired) electrons. The lowest BCUT2D eigenvalue weighted by Gasteiger charge is -2.43. The summed E-state index contributed by atoms with van der Waals surface area (Å²) < 4.78 is 0. The number of amidine groups is 1. The number of rotatable bonds is 2. The van der Waals surface area contributed by atoms with Crippen molar-refractivity contribution in [3.05, 3.63) is 47.7 Å². The first-order chi connectivity index (χ1) is 14.2. The molecule has 4 aliphatic rings. The second-order valence-corrected chi connectivity index (χ2v) is 7.05. The highest BCUT2D eigenvalue weighted by Crippen LogP contribution is 2.37. The third kappa shape index (κ3) is 5.94. The van der Waals surface area contributed by atoms with Crippen LogP contribution in [0.15, 0.2) is 57.7 Å². The van der Waals surface area contributed by atoms with Crippen LogP contribution < -0.4 is 5.73 Å². The zero-order valence-electron chi connectivity index (χ0n) is 19.7. The summed E-state index contributed by atoms with van der Waals surface area (Å²) in [5, 5.41) is 0. The summed E-state index contributed by atoms with van der Waals surface area (Å²) in [4.78, 5) is 11.7. The SMILES string of the molecule is CC.CC.CC.C[C@]1([C@H]2C=C(C3=CCCN=C3)C=CC2)CN2C=CC[C@@H]2C(N)=N1. The molecule has 1 aliphatic carbocycles. The predicted octanol–water partition coefficient (Wildman–Crippen LogP) is 5.69. The summed E-state index contributed by atoms with van der Waals surface area (Å²) in [5.41, 5.74) is 8.63. The van der Waals surface area contributed by atoms with Crippen molar-refractivity contribution in [2.75, 3.05) is 13.1 Å². The van der Waals surface area contributed by atoms with Crippen molar-refractivity contribution < 1.29 is 0 Å². The van der Waals surface area contributed by atoms with Gasteiger partial charge in [0.25, 0.3) is 0 Å². The van der Waals surface area contributed by atoms with Crippen LogP contribution in [0.1, 0.15) is 67.7 Å². The van der Waals surface area contributed by atoms with Crippen LogP contribution in [0.25, 0.3) is 0 Å². The number of nitrogens with zero attached hydrogens (tertiary/aromatic N) is 3. The van der Waals surface area contributed by atoms with E-state index in [4.69, 9.17) is 10.7 Å². The van der Waals surface area contributed by atoms with E-state index in [9.17, 15) is 0 Å². The van der Waals surface area contributed by atoms with Crippen molar-refractivity contribution in [2.45, 2.75) is 79.3 Å². The third-order valence-corrected chi connectivity index (χ3v) is 5.34. The molecule has 3 aliphatic heterocycles. The number of hydrogen-bond donors (Lipinski definition) is 1. The Balaban J connectivity index is 0.000000644. The first-order valence-electron chi connectivity index (χ1n) is 11.5.